The summed E-state index contributed by atoms with van der Waals surface area (Å²) in [5.41, 5.74) is 0.757. The molecule has 6 nitrogen and oxygen atoms in total. The molecule has 1 aromatic rings. The van der Waals surface area contributed by atoms with Crippen LogP contribution in [0.5, 0.6) is 0 Å². The van der Waals surface area contributed by atoms with Crippen LogP contribution in [0.3, 0.4) is 0 Å². The number of urea groups is 1. The lowest BCUT2D eigenvalue weighted by Gasteiger charge is -2.33. The molecule has 1 fully saturated rings. The third kappa shape index (κ3) is 4.68. The Bertz CT molecular complexity index is 630. The van der Waals surface area contributed by atoms with E-state index in [1.807, 2.05) is 30.3 Å². The molecule has 2 rings (SSSR count). The Labute approximate surface area is 138 Å². The maximum Gasteiger partial charge on any atom is 0.321 e. The topological polar surface area (TPSA) is 78.5 Å². The first-order chi connectivity index (χ1) is 10.7. The van der Waals surface area contributed by atoms with Crippen molar-refractivity contribution in [2.24, 2.45) is 0 Å². The lowest BCUT2D eigenvalue weighted by atomic mass is 10.1. The highest BCUT2D eigenvalue weighted by atomic mass is 32.2. The van der Waals surface area contributed by atoms with Gasteiger partial charge in [-0.05, 0) is 45.7 Å². The van der Waals surface area contributed by atoms with Gasteiger partial charge in [0, 0.05) is 24.8 Å². The van der Waals surface area contributed by atoms with Gasteiger partial charge >= 0.3 is 6.03 Å². The van der Waals surface area contributed by atoms with E-state index in [2.05, 4.69) is 10.0 Å². The number of anilines is 1. The van der Waals surface area contributed by atoms with Gasteiger partial charge in [-0.3, -0.25) is 0 Å². The fourth-order valence-electron chi connectivity index (χ4n) is 2.32. The van der Waals surface area contributed by atoms with Crippen LogP contribution in [0.25, 0.3) is 0 Å². The number of sulfonamides is 1. The Morgan fingerprint density at radius 3 is 2.22 bits per heavy atom. The van der Waals surface area contributed by atoms with Crippen molar-refractivity contribution in [2.45, 2.75) is 44.4 Å². The number of likely N-dealkylation sites (tertiary alicyclic amines) is 1. The van der Waals surface area contributed by atoms with Crippen LogP contribution in [0.1, 0.15) is 33.6 Å². The van der Waals surface area contributed by atoms with Gasteiger partial charge in [0.1, 0.15) is 0 Å². The van der Waals surface area contributed by atoms with E-state index < -0.39 is 14.8 Å². The van der Waals surface area contributed by atoms with Gasteiger partial charge in [-0.1, -0.05) is 18.2 Å². The first-order valence-corrected chi connectivity index (χ1v) is 9.30. The predicted molar refractivity (Wildman–Crippen MR) is 91.9 cm³/mol. The van der Waals surface area contributed by atoms with Gasteiger partial charge in [0.2, 0.25) is 10.0 Å². The summed E-state index contributed by atoms with van der Waals surface area (Å²) in [7, 11) is -3.35. The number of nitrogens with one attached hydrogen (secondary N) is 2. The van der Waals surface area contributed by atoms with Crippen molar-refractivity contribution in [1.82, 2.24) is 9.62 Å². The van der Waals surface area contributed by atoms with E-state index in [9.17, 15) is 13.2 Å². The minimum atomic E-state index is -3.35. The molecular weight excluding hydrogens is 314 g/mol. The molecule has 23 heavy (non-hydrogen) atoms. The fourth-order valence-corrected chi connectivity index (χ4v) is 3.35. The summed E-state index contributed by atoms with van der Waals surface area (Å²) < 4.78 is 26.3. The maximum atomic E-state index is 12.2. The second-order valence-corrected chi connectivity index (χ2v) is 9.26. The lowest BCUT2D eigenvalue weighted by molar-refractivity contribution is 0.193. The predicted octanol–water partition coefficient (Wildman–Crippen LogP) is 2.40. The Hall–Kier alpha value is -1.60. The molecule has 0 radical (unpaired) electrons. The zero-order chi connectivity index (χ0) is 17.1. The average Bonchev–Trinajstić information content (AvgIpc) is 2.47. The van der Waals surface area contributed by atoms with Gasteiger partial charge < -0.3 is 10.2 Å². The number of carbonyl (C=O) groups is 1. The number of rotatable bonds is 3. The van der Waals surface area contributed by atoms with Gasteiger partial charge in [-0.2, -0.15) is 0 Å². The van der Waals surface area contributed by atoms with Crippen molar-refractivity contribution >= 4 is 21.7 Å². The van der Waals surface area contributed by atoms with Crippen molar-refractivity contribution in [3.8, 4) is 0 Å². The molecule has 1 heterocycles. The highest BCUT2D eigenvalue weighted by Gasteiger charge is 2.33. The summed E-state index contributed by atoms with van der Waals surface area (Å²) >= 11 is 0. The third-order valence-corrected chi connectivity index (χ3v) is 6.19. The molecule has 2 amide bonds. The molecule has 0 aromatic heterocycles. The quantitative estimate of drug-likeness (QED) is 0.887. The van der Waals surface area contributed by atoms with Crippen molar-refractivity contribution in [3.05, 3.63) is 30.3 Å². The van der Waals surface area contributed by atoms with E-state index in [1.165, 1.54) is 0 Å². The van der Waals surface area contributed by atoms with Crippen LogP contribution in [0.4, 0.5) is 10.5 Å². The monoisotopic (exact) mass is 339 g/mol. The van der Waals surface area contributed by atoms with Gasteiger partial charge in [-0.15, -0.1) is 0 Å². The maximum absolute atomic E-state index is 12.2. The molecule has 0 spiro atoms. The van der Waals surface area contributed by atoms with Gasteiger partial charge in [0.25, 0.3) is 0 Å². The number of nitrogens with zero attached hydrogens (tertiary/aromatic N) is 1. The first-order valence-electron chi connectivity index (χ1n) is 7.82. The summed E-state index contributed by atoms with van der Waals surface area (Å²) in [5.74, 6) is 0. The van der Waals surface area contributed by atoms with Crippen LogP contribution in [0.15, 0.2) is 30.3 Å². The van der Waals surface area contributed by atoms with Crippen LogP contribution in [0, 0.1) is 0 Å². The van der Waals surface area contributed by atoms with Crippen molar-refractivity contribution in [2.75, 3.05) is 18.4 Å². The third-order valence-electron chi connectivity index (χ3n) is 3.94. The fraction of sp³-hybridized carbons (Fsp3) is 0.562. The number of para-hydroxylation sites is 1. The van der Waals surface area contributed by atoms with Gasteiger partial charge in [-0.25, -0.2) is 17.9 Å². The highest BCUT2D eigenvalue weighted by Crippen LogP contribution is 2.18. The highest BCUT2D eigenvalue weighted by molar-refractivity contribution is 7.90. The Morgan fingerprint density at radius 1 is 1.13 bits per heavy atom. The van der Waals surface area contributed by atoms with Crippen molar-refractivity contribution in [3.63, 3.8) is 0 Å². The Morgan fingerprint density at radius 2 is 1.70 bits per heavy atom. The second kappa shape index (κ2) is 6.88. The molecule has 1 aromatic carbocycles. The molecule has 0 aliphatic carbocycles. The molecule has 128 valence electrons. The van der Waals surface area contributed by atoms with E-state index in [0.29, 0.717) is 25.9 Å². The average molecular weight is 339 g/mol. The van der Waals surface area contributed by atoms with Crippen LogP contribution in [-0.2, 0) is 10.0 Å². The van der Waals surface area contributed by atoms with E-state index >= 15 is 0 Å². The van der Waals surface area contributed by atoms with Gasteiger partial charge in [0.15, 0.2) is 0 Å². The normalized spacial score (nSPS) is 17.1. The Balaban J connectivity index is 1.85. The molecule has 2 N–H and O–H groups in total. The largest absolute Gasteiger partial charge is 0.324 e. The van der Waals surface area contributed by atoms with E-state index in [-0.39, 0.29) is 12.1 Å². The standard InChI is InChI=1S/C16H25N3O3S/c1-16(2,3)23(21,22)18-14-9-11-19(12-10-14)15(20)17-13-7-5-4-6-8-13/h4-8,14,18H,9-12H2,1-3H3,(H,17,20). The molecule has 0 atom stereocenters. The second-order valence-electron chi connectivity index (χ2n) is 6.79. The molecule has 7 heteroatoms. The van der Waals surface area contributed by atoms with Crippen LogP contribution < -0.4 is 10.0 Å². The lowest BCUT2D eigenvalue weighted by Crippen LogP contribution is -2.50. The number of amides is 2. The summed E-state index contributed by atoms with van der Waals surface area (Å²) in [6.07, 6.45) is 1.25. The Kier molecular flexibility index (Phi) is 5.31. The van der Waals surface area contributed by atoms with Crippen molar-refractivity contribution < 1.29 is 13.2 Å². The van der Waals surface area contributed by atoms with E-state index in [1.54, 1.807) is 25.7 Å². The SMILES string of the molecule is CC(C)(C)S(=O)(=O)NC1CCN(C(=O)Nc2ccccc2)CC1. The zero-order valence-corrected chi connectivity index (χ0v) is 14.7. The van der Waals surface area contributed by atoms with Gasteiger partial charge in [0.05, 0.1) is 4.75 Å². The van der Waals surface area contributed by atoms with E-state index in [4.69, 9.17) is 0 Å². The van der Waals surface area contributed by atoms with Crippen LogP contribution >= 0.6 is 0 Å². The molecule has 0 unspecified atom stereocenters. The number of benzene rings is 1. The van der Waals surface area contributed by atoms with Crippen molar-refractivity contribution in [1.29, 1.82) is 0 Å². The smallest absolute Gasteiger partial charge is 0.321 e. The molecule has 0 bridgehead atoms. The number of hydrogen-bond acceptors (Lipinski definition) is 3. The molecular formula is C16H25N3O3S. The summed E-state index contributed by atoms with van der Waals surface area (Å²) in [6, 6.07) is 9.03. The summed E-state index contributed by atoms with van der Waals surface area (Å²) in [6.45, 7) is 6.11. The first kappa shape index (κ1) is 17.7. The van der Waals surface area contributed by atoms with Crippen LogP contribution in [0.2, 0.25) is 0 Å². The summed E-state index contributed by atoms with van der Waals surface area (Å²) in [4.78, 5) is 13.9. The number of hydrogen-bond donors (Lipinski definition) is 2. The summed E-state index contributed by atoms with van der Waals surface area (Å²) in [5, 5.41) is 2.85. The molecule has 1 saturated heterocycles. The molecule has 0 saturated carbocycles. The minimum absolute atomic E-state index is 0.111. The molecule has 1 aliphatic rings. The molecule has 1 aliphatic heterocycles. The number of piperidine rings is 1. The van der Waals surface area contributed by atoms with Crippen LogP contribution in [-0.4, -0.2) is 43.2 Å². The number of carbonyl (C=O) groups excluding carboxylic acids is 1. The zero-order valence-electron chi connectivity index (χ0n) is 13.9. The minimum Gasteiger partial charge on any atom is -0.324 e. The van der Waals surface area contributed by atoms with E-state index in [0.717, 1.165) is 5.69 Å².